The second-order valence-corrected chi connectivity index (χ2v) is 10.1. The Kier molecular flexibility index (Phi) is 18.3. The van der Waals surface area contributed by atoms with E-state index >= 15 is 0 Å². The van der Waals surface area contributed by atoms with Crippen LogP contribution in [-0.2, 0) is 23.0 Å². The molecule has 0 amide bonds. The summed E-state index contributed by atoms with van der Waals surface area (Å²) in [7, 11) is -4.29. The minimum atomic E-state index is -4.29. The van der Waals surface area contributed by atoms with Crippen LogP contribution in [-0.4, -0.2) is 24.8 Å². The summed E-state index contributed by atoms with van der Waals surface area (Å²) < 4.78 is 39.0. The topological polar surface area (TPSA) is 66.4 Å². The average Bonchev–Trinajstić information content (AvgIpc) is 2.67. The van der Waals surface area contributed by atoms with Crippen LogP contribution >= 0.6 is 0 Å². The second-order valence-electron chi connectivity index (χ2n) is 8.63. The molecular formula is C25H43NaO4S. The summed E-state index contributed by atoms with van der Waals surface area (Å²) in [5.41, 5.74) is 2.46. The van der Waals surface area contributed by atoms with Crippen LogP contribution < -0.4 is 34.3 Å². The Morgan fingerprint density at radius 1 is 0.839 bits per heavy atom. The molecule has 0 saturated heterocycles. The molecule has 0 heterocycles. The number of hydrogen-bond acceptors (Lipinski definition) is 4. The molecule has 0 aliphatic rings. The van der Waals surface area contributed by atoms with Gasteiger partial charge in [0.15, 0.2) is 0 Å². The molecule has 0 spiro atoms. The first-order valence-corrected chi connectivity index (χ1v) is 13.7. The minimum Gasteiger partial charge on any atom is -0.748 e. The van der Waals surface area contributed by atoms with Gasteiger partial charge in [0.2, 0.25) is 0 Å². The Labute approximate surface area is 214 Å². The smallest absolute Gasteiger partial charge is 0.748 e. The maximum Gasteiger partial charge on any atom is 1.00 e. The molecule has 0 radical (unpaired) electrons. The van der Waals surface area contributed by atoms with E-state index in [9.17, 15) is 13.0 Å². The maximum absolute atomic E-state index is 11.0. The van der Waals surface area contributed by atoms with E-state index < -0.39 is 22.0 Å². The first kappa shape index (κ1) is 30.9. The van der Waals surface area contributed by atoms with E-state index in [1.54, 1.807) is 6.92 Å². The molecule has 4 nitrogen and oxygen atoms in total. The van der Waals surface area contributed by atoms with Crippen LogP contribution in [0.1, 0.15) is 109 Å². The van der Waals surface area contributed by atoms with Gasteiger partial charge in [-0.15, -0.1) is 0 Å². The molecule has 1 atom stereocenters. The molecule has 0 N–H and O–H groups in total. The largest absolute Gasteiger partial charge is 1.00 e. The van der Waals surface area contributed by atoms with Gasteiger partial charge >= 0.3 is 29.6 Å². The Morgan fingerprint density at radius 2 is 1.35 bits per heavy atom. The van der Waals surface area contributed by atoms with Crippen molar-refractivity contribution in [3.05, 3.63) is 29.3 Å². The van der Waals surface area contributed by atoms with Crippen molar-refractivity contribution < 1.29 is 47.3 Å². The van der Waals surface area contributed by atoms with E-state index in [1.807, 2.05) is 6.07 Å². The summed E-state index contributed by atoms with van der Waals surface area (Å²) in [6.07, 6.45) is 16.5. The van der Waals surface area contributed by atoms with Crippen LogP contribution in [0.5, 0.6) is 5.75 Å². The van der Waals surface area contributed by atoms with E-state index in [-0.39, 0.29) is 29.6 Å². The monoisotopic (exact) mass is 462 g/mol. The van der Waals surface area contributed by atoms with Crippen LogP contribution in [0.25, 0.3) is 0 Å². The predicted octanol–water partition coefficient (Wildman–Crippen LogP) is 3.81. The van der Waals surface area contributed by atoms with Crippen molar-refractivity contribution in [2.45, 2.75) is 117 Å². The van der Waals surface area contributed by atoms with Gasteiger partial charge in [0.25, 0.3) is 0 Å². The molecular weight excluding hydrogens is 419 g/mol. The molecule has 1 aromatic carbocycles. The van der Waals surface area contributed by atoms with Gasteiger partial charge in [-0.2, -0.15) is 0 Å². The number of aryl methyl sites for hydroxylation is 2. The third-order valence-electron chi connectivity index (χ3n) is 5.51. The van der Waals surface area contributed by atoms with E-state index in [0.29, 0.717) is 0 Å². The number of rotatable bonds is 18. The van der Waals surface area contributed by atoms with Gasteiger partial charge in [-0.05, 0) is 49.8 Å². The molecule has 0 aromatic heterocycles. The molecule has 0 fully saturated rings. The first-order valence-electron chi connectivity index (χ1n) is 12.1. The van der Waals surface area contributed by atoms with Crippen molar-refractivity contribution >= 4 is 10.1 Å². The van der Waals surface area contributed by atoms with Crippen molar-refractivity contribution in [2.24, 2.45) is 0 Å². The zero-order valence-corrected chi connectivity index (χ0v) is 23.3. The summed E-state index contributed by atoms with van der Waals surface area (Å²) in [5, 5.41) is 0. The summed E-state index contributed by atoms with van der Waals surface area (Å²) >= 11 is 0. The van der Waals surface area contributed by atoms with E-state index in [1.165, 1.54) is 76.2 Å². The zero-order valence-electron chi connectivity index (χ0n) is 20.5. The van der Waals surface area contributed by atoms with Crippen LogP contribution in [0, 0.1) is 0 Å². The van der Waals surface area contributed by atoms with E-state index in [2.05, 4.69) is 26.0 Å². The number of benzene rings is 1. The van der Waals surface area contributed by atoms with Crippen LogP contribution in [0.3, 0.4) is 0 Å². The Bertz CT molecular complexity index is 676. The molecule has 0 aliphatic carbocycles. The van der Waals surface area contributed by atoms with Gasteiger partial charge < -0.3 is 9.29 Å². The van der Waals surface area contributed by atoms with Crippen molar-refractivity contribution in [3.8, 4) is 5.75 Å². The van der Waals surface area contributed by atoms with Crippen molar-refractivity contribution in [1.82, 2.24) is 0 Å². The van der Waals surface area contributed by atoms with Gasteiger partial charge in [-0.25, -0.2) is 8.42 Å². The first-order chi connectivity index (χ1) is 14.4. The van der Waals surface area contributed by atoms with E-state index in [0.717, 1.165) is 30.6 Å². The van der Waals surface area contributed by atoms with Crippen LogP contribution in [0.4, 0.5) is 0 Å². The third kappa shape index (κ3) is 16.2. The van der Waals surface area contributed by atoms with Gasteiger partial charge in [0.05, 0.1) is 15.9 Å². The van der Waals surface area contributed by atoms with Gasteiger partial charge in [0.1, 0.15) is 11.9 Å². The second kappa shape index (κ2) is 18.4. The molecule has 6 heteroatoms. The Balaban J connectivity index is 0.00000900. The van der Waals surface area contributed by atoms with Crippen molar-refractivity contribution in [2.75, 3.05) is 5.75 Å². The molecule has 0 bridgehead atoms. The van der Waals surface area contributed by atoms with Gasteiger partial charge in [-0.1, -0.05) is 90.2 Å². The molecule has 0 aliphatic heterocycles. The molecule has 31 heavy (non-hydrogen) atoms. The Hall–Kier alpha value is -0.0700. The maximum atomic E-state index is 11.0. The SMILES string of the molecule is CCCCCCCCc1ccc(OC(C)CS(=O)(=O)[O-])c(CCCCCCCC)c1.[Na+]. The summed E-state index contributed by atoms with van der Waals surface area (Å²) in [5.74, 6) is 0.231. The number of hydrogen-bond donors (Lipinski definition) is 0. The number of ether oxygens (including phenoxy) is 1. The summed E-state index contributed by atoms with van der Waals surface area (Å²) in [6, 6.07) is 6.28. The Morgan fingerprint density at radius 3 is 1.90 bits per heavy atom. The minimum absolute atomic E-state index is 0. The molecule has 1 rings (SSSR count). The van der Waals surface area contributed by atoms with Gasteiger partial charge in [-0.3, -0.25) is 0 Å². The van der Waals surface area contributed by atoms with E-state index in [4.69, 9.17) is 4.74 Å². The summed E-state index contributed by atoms with van der Waals surface area (Å²) in [4.78, 5) is 0. The molecule has 0 saturated carbocycles. The van der Waals surface area contributed by atoms with Crippen LogP contribution in [0.15, 0.2) is 18.2 Å². The molecule has 1 unspecified atom stereocenters. The fourth-order valence-corrected chi connectivity index (χ4v) is 4.49. The number of unbranched alkanes of at least 4 members (excludes halogenated alkanes) is 10. The normalized spacial score (nSPS) is 12.4. The standard InChI is InChI=1S/C25H44O4S.Na/c1-4-6-8-10-12-14-16-23-18-19-25(29-22(3)21-30(26,27)28)24(20-23)17-15-13-11-9-7-5-2;/h18-20,22H,4-17,21H2,1-3H3,(H,26,27,28);/q;+1/p-1. The zero-order chi connectivity index (χ0) is 22.2. The molecule has 174 valence electrons. The molecule has 1 aromatic rings. The predicted molar refractivity (Wildman–Crippen MR) is 125 cm³/mol. The third-order valence-corrected chi connectivity index (χ3v) is 6.39. The summed E-state index contributed by atoms with van der Waals surface area (Å²) in [6.45, 7) is 6.11. The van der Waals surface area contributed by atoms with Gasteiger partial charge in [0, 0.05) is 0 Å². The average molecular weight is 463 g/mol. The van der Waals surface area contributed by atoms with Crippen molar-refractivity contribution in [3.63, 3.8) is 0 Å². The van der Waals surface area contributed by atoms with Crippen LogP contribution in [0.2, 0.25) is 0 Å². The fourth-order valence-electron chi connectivity index (χ4n) is 3.84. The fraction of sp³-hybridized carbons (Fsp3) is 0.760. The van der Waals surface area contributed by atoms with Crippen molar-refractivity contribution in [1.29, 1.82) is 0 Å². The quantitative estimate of drug-likeness (QED) is 0.189.